The molecule has 0 radical (unpaired) electrons. The highest BCUT2D eigenvalue weighted by molar-refractivity contribution is 6.04. The summed E-state index contributed by atoms with van der Waals surface area (Å²) in [7, 11) is 0. The van der Waals surface area contributed by atoms with E-state index in [0.717, 1.165) is 61.7 Å². The number of anilines is 1. The van der Waals surface area contributed by atoms with Crippen molar-refractivity contribution in [1.82, 2.24) is 19.8 Å². The van der Waals surface area contributed by atoms with E-state index in [2.05, 4.69) is 26.2 Å². The zero-order valence-electron chi connectivity index (χ0n) is 23.7. The van der Waals surface area contributed by atoms with Gasteiger partial charge in [-0.05, 0) is 101 Å². The molecule has 3 aromatic rings. The Morgan fingerprint density at radius 1 is 1.05 bits per heavy atom. The van der Waals surface area contributed by atoms with Gasteiger partial charge in [-0.3, -0.25) is 24.6 Å². The fraction of sp³-hybridized carbons (Fsp3) is 0.484. The van der Waals surface area contributed by atoms with Gasteiger partial charge in [0.15, 0.2) is 0 Å². The van der Waals surface area contributed by atoms with Crippen molar-refractivity contribution in [2.24, 2.45) is 11.7 Å². The molecule has 2 aromatic carbocycles. The molecule has 1 unspecified atom stereocenters. The minimum Gasteiger partial charge on any atom is -0.370 e. The first-order chi connectivity index (χ1) is 19.7. The van der Waals surface area contributed by atoms with Crippen LogP contribution in [-0.4, -0.2) is 50.8 Å². The highest BCUT2D eigenvalue weighted by atomic mass is 19.1. The van der Waals surface area contributed by atoms with Gasteiger partial charge in [0, 0.05) is 42.6 Å². The van der Waals surface area contributed by atoms with E-state index in [9.17, 15) is 18.8 Å². The second kappa shape index (κ2) is 12.4. The molecule has 3 amide bonds. The highest BCUT2D eigenvalue weighted by Gasteiger charge is 2.31. The number of carbonyl (C=O) groups excluding carboxylic acids is 3. The summed E-state index contributed by atoms with van der Waals surface area (Å²) in [6.07, 6.45) is 5.39. The number of likely N-dealkylation sites (tertiary alicyclic amines) is 1. The Balaban J connectivity index is 1.43. The van der Waals surface area contributed by atoms with E-state index in [-0.39, 0.29) is 41.8 Å². The number of rotatable bonds is 9. The Morgan fingerprint density at radius 2 is 1.78 bits per heavy atom. The number of hydrogen-bond acceptors (Lipinski definition) is 5. The summed E-state index contributed by atoms with van der Waals surface area (Å²) >= 11 is 0. The summed E-state index contributed by atoms with van der Waals surface area (Å²) in [5.74, 6) is -0.552. The Morgan fingerprint density at radius 3 is 2.46 bits per heavy atom. The smallest absolute Gasteiger partial charge is 0.257 e. The van der Waals surface area contributed by atoms with Gasteiger partial charge in [0.1, 0.15) is 5.82 Å². The van der Waals surface area contributed by atoms with E-state index in [1.165, 1.54) is 24.3 Å². The summed E-state index contributed by atoms with van der Waals surface area (Å²) in [5.41, 5.74) is 8.61. The van der Waals surface area contributed by atoms with Crippen LogP contribution in [0.25, 0.3) is 11.0 Å². The third-order valence-corrected chi connectivity index (χ3v) is 8.27. The number of nitrogens with one attached hydrogen (secondary N) is 2. The normalized spacial score (nSPS) is 21.3. The number of carbonyl (C=O) groups is 3. The van der Waals surface area contributed by atoms with Gasteiger partial charge >= 0.3 is 0 Å². The Hall–Kier alpha value is -3.79. The molecule has 1 saturated carbocycles. The molecule has 218 valence electrons. The number of aromatic nitrogens is 2. The molecule has 2 heterocycles. The Bertz CT molecular complexity index is 1410. The maximum atomic E-state index is 13.4. The monoisotopic (exact) mass is 562 g/mol. The standard InChI is InChI=1S/C31H39FN6O3/c1-19(2)34-29(40)22-8-12-24(13-9-22)38-27-16-20(18-37-15-3-4-25(37)17-28(33)39)5-14-26(27)35-31(38)36-30(41)21-6-10-23(32)11-7-21/h5-7,10-11,14,16,19,22,24-25H,3-4,8-9,12-13,15,17-18H2,1-2H3,(H2,33,39)(H,34,40)(H,35,36,41). The van der Waals surface area contributed by atoms with Crippen LogP contribution in [0.4, 0.5) is 10.3 Å². The van der Waals surface area contributed by atoms with Gasteiger partial charge in [0.05, 0.1) is 11.0 Å². The first kappa shape index (κ1) is 28.7. The van der Waals surface area contributed by atoms with E-state index < -0.39 is 5.82 Å². The van der Waals surface area contributed by atoms with Gasteiger partial charge in [-0.25, -0.2) is 9.37 Å². The van der Waals surface area contributed by atoms with Crippen molar-refractivity contribution in [3.05, 3.63) is 59.4 Å². The molecule has 1 atom stereocenters. The lowest BCUT2D eigenvalue weighted by Gasteiger charge is -2.30. The van der Waals surface area contributed by atoms with Crippen molar-refractivity contribution in [3.8, 4) is 0 Å². The summed E-state index contributed by atoms with van der Waals surface area (Å²) in [6, 6.07) is 11.8. The molecular weight excluding hydrogens is 523 g/mol. The van der Waals surface area contributed by atoms with Crippen LogP contribution >= 0.6 is 0 Å². The van der Waals surface area contributed by atoms with Crippen LogP contribution in [0.5, 0.6) is 0 Å². The predicted octanol–water partition coefficient (Wildman–Crippen LogP) is 4.52. The fourth-order valence-electron chi connectivity index (χ4n) is 6.27. The van der Waals surface area contributed by atoms with Crippen molar-refractivity contribution >= 4 is 34.7 Å². The van der Waals surface area contributed by atoms with Crippen molar-refractivity contribution in [2.45, 2.75) is 83.5 Å². The number of hydrogen-bond donors (Lipinski definition) is 3. The van der Waals surface area contributed by atoms with Crippen molar-refractivity contribution in [2.75, 3.05) is 11.9 Å². The van der Waals surface area contributed by atoms with Crippen LogP contribution in [-0.2, 0) is 16.1 Å². The number of primary amides is 1. The molecule has 4 N–H and O–H groups in total. The fourth-order valence-corrected chi connectivity index (χ4v) is 6.27. The van der Waals surface area contributed by atoms with E-state index in [0.29, 0.717) is 24.5 Å². The van der Waals surface area contributed by atoms with Gasteiger partial charge in [-0.1, -0.05) is 6.07 Å². The van der Waals surface area contributed by atoms with Crippen molar-refractivity contribution in [3.63, 3.8) is 0 Å². The van der Waals surface area contributed by atoms with Crippen molar-refractivity contribution in [1.29, 1.82) is 0 Å². The molecule has 1 saturated heterocycles. The van der Waals surface area contributed by atoms with Crippen LogP contribution in [0.2, 0.25) is 0 Å². The van der Waals surface area contributed by atoms with Crippen LogP contribution < -0.4 is 16.4 Å². The molecule has 1 aliphatic heterocycles. The largest absolute Gasteiger partial charge is 0.370 e. The molecule has 0 bridgehead atoms. The molecule has 0 spiro atoms. The summed E-state index contributed by atoms with van der Waals surface area (Å²) in [6.45, 7) is 5.54. The number of benzene rings is 2. The number of fused-ring (bicyclic) bond motifs is 1. The third-order valence-electron chi connectivity index (χ3n) is 8.27. The lowest BCUT2D eigenvalue weighted by molar-refractivity contribution is -0.126. The average molecular weight is 563 g/mol. The molecule has 2 aliphatic rings. The highest BCUT2D eigenvalue weighted by Crippen LogP contribution is 2.37. The van der Waals surface area contributed by atoms with Gasteiger partial charge < -0.3 is 15.6 Å². The average Bonchev–Trinajstić information content (AvgIpc) is 3.51. The summed E-state index contributed by atoms with van der Waals surface area (Å²) in [4.78, 5) is 44.5. The molecule has 10 heteroatoms. The van der Waals surface area contributed by atoms with E-state index in [4.69, 9.17) is 10.7 Å². The second-order valence-electron chi connectivity index (χ2n) is 11.7. The molecule has 1 aliphatic carbocycles. The lowest BCUT2D eigenvalue weighted by atomic mass is 9.85. The Kier molecular flexibility index (Phi) is 8.68. The third kappa shape index (κ3) is 6.75. The number of amides is 3. The first-order valence-corrected chi connectivity index (χ1v) is 14.6. The van der Waals surface area contributed by atoms with E-state index in [1.807, 2.05) is 26.0 Å². The molecule has 9 nitrogen and oxygen atoms in total. The molecule has 2 fully saturated rings. The van der Waals surface area contributed by atoms with Crippen LogP contribution in [0.3, 0.4) is 0 Å². The topological polar surface area (TPSA) is 122 Å². The number of halogens is 1. The molecule has 1 aromatic heterocycles. The first-order valence-electron chi connectivity index (χ1n) is 14.6. The predicted molar refractivity (Wildman–Crippen MR) is 156 cm³/mol. The number of nitrogens with zero attached hydrogens (tertiary/aromatic N) is 3. The molecule has 5 rings (SSSR count). The van der Waals surface area contributed by atoms with E-state index in [1.54, 1.807) is 0 Å². The van der Waals surface area contributed by atoms with Crippen LogP contribution in [0, 0.1) is 11.7 Å². The van der Waals surface area contributed by atoms with Gasteiger partial charge in [0.2, 0.25) is 17.8 Å². The second-order valence-corrected chi connectivity index (χ2v) is 11.7. The SMILES string of the molecule is CC(C)NC(=O)C1CCC(n2c(NC(=O)c3ccc(F)cc3)nc3ccc(CN4CCCC4CC(N)=O)cc32)CC1. The zero-order chi connectivity index (χ0) is 29.1. The van der Waals surface area contributed by atoms with Crippen LogP contribution in [0.15, 0.2) is 42.5 Å². The Labute approximate surface area is 239 Å². The van der Waals surface area contributed by atoms with Gasteiger partial charge in [-0.15, -0.1) is 0 Å². The maximum Gasteiger partial charge on any atom is 0.257 e. The van der Waals surface area contributed by atoms with Gasteiger partial charge in [-0.2, -0.15) is 0 Å². The summed E-state index contributed by atoms with van der Waals surface area (Å²) < 4.78 is 15.5. The van der Waals surface area contributed by atoms with Crippen molar-refractivity contribution < 1.29 is 18.8 Å². The van der Waals surface area contributed by atoms with E-state index >= 15 is 0 Å². The molecular formula is C31H39FN6O3. The summed E-state index contributed by atoms with van der Waals surface area (Å²) in [5, 5.41) is 6.00. The number of nitrogens with two attached hydrogens (primary N) is 1. The number of imidazole rings is 1. The van der Waals surface area contributed by atoms with Gasteiger partial charge in [0.25, 0.3) is 5.91 Å². The maximum absolute atomic E-state index is 13.4. The molecule has 41 heavy (non-hydrogen) atoms. The quantitative estimate of drug-likeness (QED) is 0.354. The lowest BCUT2D eigenvalue weighted by Crippen LogP contribution is -2.37. The minimum atomic E-state index is -0.407. The minimum absolute atomic E-state index is 0.0337. The van der Waals surface area contributed by atoms with Crippen LogP contribution in [0.1, 0.15) is 80.8 Å². The zero-order valence-corrected chi connectivity index (χ0v) is 23.7.